The van der Waals surface area contributed by atoms with E-state index in [2.05, 4.69) is 109 Å². The Kier molecular flexibility index (Phi) is 7.15. The van der Waals surface area contributed by atoms with Crippen molar-refractivity contribution in [1.29, 1.82) is 0 Å². The number of aliphatic hydroxyl groups is 1. The fraction of sp³-hybridized carbons (Fsp3) is 0.400. The van der Waals surface area contributed by atoms with E-state index in [-0.39, 0.29) is 24.0 Å². The van der Waals surface area contributed by atoms with Crippen LogP contribution < -0.4 is 4.74 Å². The second-order valence-corrected chi connectivity index (χ2v) is 10.5. The van der Waals surface area contributed by atoms with E-state index in [0.29, 0.717) is 0 Å². The van der Waals surface area contributed by atoms with Crippen LogP contribution in [-0.2, 0) is 17.3 Å². The summed E-state index contributed by atoms with van der Waals surface area (Å²) >= 11 is 0. The third-order valence-corrected chi connectivity index (χ3v) is 5.95. The van der Waals surface area contributed by atoms with Crippen molar-refractivity contribution < 1.29 is 9.84 Å². The minimum atomic E-state index is -0.0176. The smallest absolute Gasteiger partial charge is 0.135 e. The fourth-order valence-corrected chi connectivity index (χ4v) is 4.34. The summed E-state index contributed by atoms with van der Waals surface area (Å²) < 4.78 is 6.31. The molecule has 32 heavy (non-hydrogen) atoms. The van der Waals surface area contributed by atoms with E-state index in [4.69, 9.17) is 4.74 Å². The van der Waals surface area contributed by atoms with Crippen LogP contribution in [0.3, 0.4) is 0 Å². The number of hydrogen-bond acceptors (Lipinski definition) is 2. The molecule has 3 aromatic rings. The Morgan fingerprint density at radius 3 is 1.50 bits per heavy atom. The number of ether oxygens (including phenoxy) is 1. The normalized spacial score (nSPS) is 12.1. The lowest BCUT2D eigenvalue weighted by Gasteiger charge is -2.27. The molecular weight excluding hydrogens is 392 g/mol. The van der Waals surface area contributed by atoms with E-state index >= 15 is 0 Å². The van der Waals surface area contributed by atoms with E-state index in [9.17, 15) is 5.11 Å². The maximum absolute atomic E-state index is 9.59. The van der Waals surface area contributed by atoms with Crippen molar-refractivity contribution >= 4 is 0 Å². The highest BCUT2D eigenvalue weighted by Gasteiger charge is 2.25. The number of aliphatic hydroxyl groups excluding tert-OH is 1. The van der Waals surface area contributed by atoms with Gasteiger partial charge in [0.05, 0.1) is 6.61 Å². The molecule has 2 heteroatoms. The average molecular weight is 431 g/mol. The summed E-state index contributed by atoms with van der Waals surface area (Å²) in [5.74, 6) is 0.852. The largest absolute Gasteiger partial charge is 0.490 e. The maximum Gasteiger partial charge on any atom is 0.135 e. The molecule has 0 atom stereocenters. The second-order valence-electron chi connectivity index (χ2n) is 10.5. The van der Waals surface area contributed by atoms with E-state index in [0.717, 1.165) is 23.3 Å². The third kappa shape index (κ3) is 5.07. The molecular formula is C30H38O2. The van der Waals surface area contributed by atoms with Crippen LogP contribution in [-0.4, -0.2) is 18.3 Å². The van der Waals surface area contributed by atoms with Crippen molar-refractivity contribution in [3.63, 3.8) is 0 Å². The van der Waals surface area contributed by atoms with Crippen LogP contribution >= 0.6 is 0 Å². The molecule has 0 heterocycles. The SMILES string of the molecule is CCc1cc(-c2ccccc2C(C)(C)C)c(OCCO)c(-c2ccccc2C(C)(C)C)c1. The zero-order chi connectivity index (χ0) is 23.5. The lowest BCUT2D eigenvalue weighted by Crippen LogP contribution is -2.14. The lowest BCUT2D eigenvalue weighted by atomic mass is 9.79. The number of benzene rings is 3. The molecule has 0 bridgehead atoms. The molecule has 2 nitrogen and oxygen atoms in total. The van der Waals surface area contributed by atoms with Gasteiger partial charge in [-0.05, 0) is 57.2 Å². The highest BCUT2D eigenvalue weighted by Crippen LogP contribution is 2.45. The van der Waals surface area contributed by atoms with Crippen molar-refractivity contribution in [2.24, 2.45) is 0 Å². The minimum Gasteiger partial charge on any atom is -0.490 e. The first kappa shape index (κ1) is 24.1. The van der Waals surface area contributed by atoms with Crippen LogP contribution in [0.2, 0.25) is 0 Å². The molecule has 170 valence electrons. The summed E-state index contributed by atoms with van der Waals surface area (Å²) in [5, 5.41) is 9.59. The Morgan fingerprint density at radius 2 is 1.12 bits per heavy atom. The van der Waals surface area contributed by atoms with Crippen molar-refractivity contribution in [3.05, 3.63) is 77.4 Å². The zero-order valence-electron chi connectivity index (χ0n) is 20.8. The average Bonchev–Trinajstić information content (AvgIpc) is 2.76. The first-order chi connectivity index (χ1) is 15.1. The number of rotatable bonds is 6. The predicted octanol–water partition coefficient (Wildman–Crippen LogP) is 7.55. The van der Waals surface area contributed by atoms with Crippen LogP contribution in [0.15, 0.2) is 60.7 Å². The minimum absolute atomic E-state index is 0.00343. The van der Waals surface area contributed by atoms with Gasteiger partial charge in [0, 0.05) is 11.1 Å². The maximum atomic E-state index is 9.59. The molecule has 0 unspecified atom stereocenters. The van der Waals surface area contributed by atoms with Gasteiger partial charge in [-0.25, -0.2) is 0 Å². The summed E-state index contributed by atoms with van der Waals surface area (Å²) in [6.45, 7) is 15.9. The Balaban J connectivity index is 2.40. The van der Waals surface area contributed by atoms with Gasteiger partial charge in [-0.3, -0.25) is 0 Å². The van der Waals surface area contributed by atoms with Crippen molar-refractivity contribution in [2.45, 2.75) is 65.7 Å². The van der Waals surface area contributed by atoms with Crippen LogP contribution in [0.1, 0.15) is 65.2 Å². The quantitative estimate of drug-likeness (QED) is 0.437. The Hall–Kier alpha value is -2.58. The van der Waals surface area contributed by atoms with Crippen LogP contribution in [0.5, 0.6) is 5.75 Å². The summed E-state index contributed by atoms with van der Waals surface area (Å²) in [5.41, 5.74) is 8.43. The molecule has 3 aromatic carbocycles. The first-order valence-electron chi connectivity index (χ1n) is 11.7. The van der Waals surface area contributed by atoms with Crippen molar-refractivity contribution in [3.8, 4) is 28.0 Å². The highest BCUT2D eigenvalue weighted by molar-refractivity contribution is 5.86. The molecule has 3 rings (SSSR count). The topological polar surface area (TPSA) is 29.5 Å². The standard InChI is InChI=1S/C30H38O2/c1-8-21-19-24(22-13-9-11-15-26(22)29(2,3)4)28(32-18-17-31)25(20-21)23-14-10-12-16-27(23)30(5,6)7/h9-16,19-20,31H,8,17-18H2,1-7H3. The molecule has 0 spiro atoms. The zero-order valence-corrected chi connectivity index (χ0v) is 20.8. The summed E-state index contributed by atoms with van der Waals surface area (Å²) in [4.78, 5) is 0. The molecule has 0 aromatic heterocycles. The molecule has 0 amide bonds. The lowest BCUT2D eigenvalue weighted by molar-refractivity contribution is 0.202. The third-order valence-electron chi connectivity index (χ3n) is 5.95. The fourth-order valence-electron chi connectivity index (χ4n) is 4.34. The molecule has 1 N–H and O–H groups in total. The molecule has 0 aliphatic rings. The van der Waals surface area contributed by atoms with Crippen LogP contribution in [0, 0.1) is 0 Å². The monoisotopic (exact) mass is 430 g/mol. The first-order valence-corrected chi connectivity index (χ1v) is 11.7. The van der Waals surface area contributed by atoms with Crippen LogP contribution in [0.25, 0.3) is 22.3 Å². The molecule has 0 saturated heterocycles. The number of hydrogen-bond donors (Lipinski definition) is 1. The number of aryl methyl sites for hydroxylation is 1. The second kappa shape index (κ2) is 9.50. The van der Waals surface area contributed by atoms with Crippen LogP contribution in [0.4, 0.5) is 0 Å². The molecule has 0 saturated carbocycles. The van der Waals surface area contributed by atoms with E-state index < -0.39 is 0 Å². The van der Waals surface area contributed by atoms with E-state index in [1.54, 1.807) is 0 Å². The summed E-state index contributed by atoms with van der Waals surface area (Å²) in [6, 6.07) is 21.8. The van der Waals surface area contributed by atoms with E-state index in [1.807, 2.05) is 0 Å². The molecule has 0 aliphatic carbocycles. The van der Waals surface area contributed by atoms with Crippen molar-refractivity contribution in [1.82, 2.24) is 0 Å². The van der Waals surface area contributed by atoms with Gasteiger partial charge in [0.2, 0.25) is 0 Å². The predicted molar refractivity (Wildman–Crippen MR) is 137 cm³/mol. The van der Waals surface area contributed by atoms with Gasteiger partial charge < -0.3 is 9.84 Å². The van der Waals surface area contributed by atoms with Gasteiger partial charge >= 0.3 is 0 Å². The molecule has 0 aliphatic heterocycles. The molecule has 0 fully saturated rings. The Labute approximate surface area is 194 Å². The van der Waals surface area contributed by atoms with Gasteiger partial charge in [-0.2, -0.15) is 0 Å². The van der Waals surface area contributed by atoms with Gasteiger partial charge in [0.25, 0.3) is 0 Å². The Morgan fingerprint density at radius 1 is 0.688 bits per heavy atom. The van der Waals surface area contributed by atoms with Gasteiger partial charge in [-0.1, -0.05) is 97.0 Å². The Bertz CT molecular complexity index is 986. The summed E-state index contributed by atoms with van der Waals surface area (Å²) in [6.07, 6.45) is 0.940. The van der Waals surface area contributed by atoms with E-state index in [1.165, 1.54) is 27.8 Å². The molecule has 0 radical (unpaired) electrons. The van der Waals surface area contributed by atoms with Crippen molar-refractivity contribution in [2.75, 3.05) is 13.2 Å². The van der Waals surface area contributed by atoms with Gasteiger partial charge in [0.15, 0.2) is 0 Å². The summed E-state index contributed by atoms with van der Waals surface area (Å²) in [7, 11) is 0. The van der Waals surface area contributed by atoms with Gasteiger partial charge in [-0.15, -0.1) is 0 Å². The van der Waals surface area contributed by atoms with Gasteiger partial charge in [0.1, 0.15) is 12.4 Å². The highest BCUT2D eigenvalue weighted by atomic mass is 16.5.